The molecule has 0 fully saturated rings. The highest BCUT2D eigenvalue weighted by Gasteiger charge is 2.26. The molecule has 0 bridgehead atoms. The Balaban J connectivity index is 4.35. The number of nitrogens with zero attached hydrogens (tertiary/aromatic N) is 1. The summed E-state index contributed by atoms with van der Waals surface area (Å²) in [7, 11) is 1.64. The number of quaternary nitrogens is 1. The van der Waals surface area contributed by atoms with Crippen molar-refractivity contribution in [3.05, 3.63) is 48.6 Å². The first kappa shape index (κ1) is 43.5. The van der Waals surface area contributed by atoms with Crippen molar-refractivity contribution in [2.45, 2.75) is 123 Å². The van der Waals surface area contributed by atoms with Crippen LogP contribution < -0.4 is 0 Å². The Kier molecular flexibility index (Phi) is 28.8. The van der Waals surface area contributed by atoms with E-state index in [1.165, 1.54) is 25.7 Å². The molecule has 0 heterocycles. The fraction of sp³-hybridized carbons (Fsp3) is 0.750. The van der Waals surface area contributed by atoms with Crippen LogP contribution in [0.5, 0.6) is 0 Å². The number of hydrogen-bond donors (Lipinski definition) is 1. The van der Waals surface area contributed by atoms with Crippen molar-refractivity contribution < 1.29 is 37.3 Å². The minimum Gasteiger partial charge on any atom is -0.457 e. The first-order chi connectivity index (χ1) is 21.6. The van der Waals surface area contributed by atoms with Gasteiger partial charge in [0.15, 0.2) is 0 Å². The number of phosphoric acid groups is 1. The van der Waals surface area contributed by atoms with Crippen molar-refractivity contribution in [2.24, 2.45) is 0 Å². The average Bonchev–Trinajstić information content (AvgIpc) is 2.98. The molecule has 0 amide bonds. The lowest BCUT2D eigenvalue weighted by Crippen LogP contribution is -2.37. The highest BCUT2D eigenvalue weighted by molar-refractivity contribution is 7.47. The molecule has 0 aliphatic heterocycles. The van der Waals surface area contributed by atoms with Crippen LogP contribution in [0.15, 0.2) is 48.6 Å². The lowest BCUT2D eigenvalue weighted by molar-refractivity contribution is -0.870. The Morgan fingerprint density at radius 3 is 1.91 bits per heavy atom. The fourth-order valence-electron chi connectivity index (χ4n) is 4.19. The van der Waals surface area contributed by atoms with Gasteiger partial charge < -0.3 is 18.9 Å². The summed E-state index contributed by atoms with van der Waals surface area (Å²) < 4.78 is 34.6. The minimum absolute atomic E-state index is 0.0808. The van der Waals surface area contributed by atoms with E-state index in [1.807, 2.05) is 21.1 Å². The summed E-state index contributed by atoms with van der Waals surface area (Å²) in [5.41, 5.74) is 0. The van der Waals surface area contributed by atoms with Crippen LogP contribution in [0.1, 0.15) is 117 Å². The molecule has 1 N–H and O–H groups in total. The second-order valence-corrected chi connectivity index (χ2v) is 14.0. The van der Waals surface area contributed by atoms with Crippen LogP contribution in [0.3, 0.4) is 0 Å². The molecular formula is C36H67NO7P+. The number of likely N-dealkylation sites (N-methyl/N-ethyl adjacent to an activating group) is 1. The highest BCUT2D eigenvalue weighted by Crippen LogP contribution is 2.43. The zero-order valence-corrected chi connectivity index (χ0v) is 30.2. The molecule has 0 saturated carbocycles. The van der Waals surface area contributed by atoms with Crippen molar-refractivity contribution in [3.63, 3.8) is 0 Å². The van der Waals surface area contributed by atoms with Gasteiger partial charge in [-0.15, -0.1) is 0 Å². The number of esters is 1. The topological polar surface area (TPSA) is 91.3 Å². The standard InChI is InChI=1S/C36H66NO7P/c1-6-8-10-12-14-15-16-17-18-19-20-21-22-24-26-28-31-41-33-35(34-43-45(39,40)42-32-30-37(3,4)5)44-36(38)29-27-25-23-13-11-9-7-2/h8,10,14-15,17-18,20-21,35H,6-7,9,11-13,16,19,22-34H2,1-5H3/p+1/b10-8-,15-14-,18-17-,21-20-. The van der Waals surface area contributed by atoms with Gasteiger partial charge in [0.1, 0.15) is 19.3 Å². The van der Waals surface area contributed by atoms with Crippen LogP contribution in [-0.4, -0.2) is 75.6 Å². The van der Waals surface area contributed by atoms with E-state index in [2.05, 4.69) is 62.5 Å². The van der Waals surface area contributed by atoms with Crippen LogP contribution in [0.4, 0.5) is 0 Å². The Labute approximate surface area is 276 Å². The highest BCUT2D eigenvalue weighted by atomic mass is 31.2. The van der Waals surface area contributed by atoms with Crippen LogP contribution in [-0.2, 0) is 27.9 Å². The molecular weight excluding hydrogens is 589 g/mol. The van der Waals surface area contributed by atoms with E-state index in [-0.39, 0.29) is 25.8 Å². The zero-order chi connectivity index (χ0) is 33.5. The molecule has 9 heteroatoms. The fourth-order valence-corrected chi connectivity index (χ4v) is 4.93. The van der Waals surface area contributed by atoms with Gasteiger partial charge in [-0.25, -0.2) is 4.57 Å². The van der Waals surface area contributed by atoms with Crippen molar-refractivity contribution in [2.75, 3.05) is 54.1 Å². The summed E-state index contributed by atoms with van der Waals surface area (Å²) in [5, 5.41) is 0. The van der Waals surface area contributed by atoms with Crippen molar-refractivity contribution in [1.29, 1.82) is 0 Å². The first-order valence-electron chi connectivity index (χ1n) is 17.4. The van der Waals surface area contributed by atoms with Gasteiger partial charge in [-0.3, -0.25) is 13.8 Å². The number of rotatable bonds is 31. The van der Waals surface area contributed by atoms with E-state index in [4.69, 9.17) is 18.5 Å². The lowest BCUT2D eigenvalue weighted by atomic mass is 10.1. The first-order valence-corrected chi connectivity index (χ1v) is 18.9. The SMILES string of the molecule is CC/C=C\C/C=C\C/C=C\C/C=C\CCCCCOCC(COP(=O)(O)OCC[N+](C)(C)C)OC(=O)CCCCCCCCC. The van der Waals surface area contributed by atoms with Gasteiger partial charge in [0, 0.05) is 13.0 Å². The molecule has 0 aromatic heterocycles. The van der Waals surface area contributed by atoms with Gasteiger partial charge in [-0.1, -0.05) is 107 Å². The van der Waals surface area contributed by atoms with Gasteiger partial charge in [-0.2, -0.15) is 0 Å². The van der Waals surface area contributed by atoms with E-state index in [0.717, 1.165) is 70.6 Å². The third kappa shape index (κ3) is 33.6. The number of hydrogen-bond acceptors (Lipinski definition) is 6. The molecule has 0 aliphatic rings. The average molecular weight is 657 g/mol. The molecule has 0 radical (unpaired) electrons. The Morgan fingerprint density at radius 2 is 1.29 bits per heavy atom. The second-order valence-electron chi connectivity index (χ2n) is 12.5. The summed E-state index contributed by atoms with van der Waals surface area (Å²) >= 11 is 0. The van der Waals surface area contributed by atoms with Gasteiger partial charge in [-0.05, 0) is 51.4 Å². The second kappa shape index (κ2) is 29.8. The molecule has 45 heavy (non-hydrogen) atoms. The summed E-state index contributed by atoms with van der Waals surface area (Å²) in [6.07, 6.45) is 33.0. The maximum Gasteiger partial charge on any atom is 0.472 e. The number of unbranched alkanes of at least 4 members (excludes halogenated alkanes) is 9. The number of allylic oxidation sites excluding steroid dienone is 8. The molecule has 0 aliphatic carbocycles. The van der Waals surface area contributed by atoms with E-state index in [0.29, 0.717) is 24.1 Å². The van der Waals surface area contributed by atoms with Gasteiger partial charge in [0.2, 0.25) is 0 Å². The van der Waals surface area contributed by atoms with Crippen LogP contribution >= 0.6 is 7.82 Å². The molecule has 2 unspecified atom stereocenters. The maximum atomic E-state index is 12.5. The van der Waals surface area contributed by atoms with Gasteiger partial charge >= 0.3 is 13.8 Å². The zero-order valence-electron chi connectivity index (χ0n) is 29.3. The Bertz CT molecular complexity index is 864. The van der Waals surface area contributed by atoms with Crippen molar-refractivity contribution >= 4 is 13.8 Å². The van der Waals surface area contributed by atoms with Crippen LogP contribution in [0, 0.1) is 0 Å². The third-order valence-corrected chi connectivity index (χ3v) is 7.89. The molecule has 262 valence electrons. The predicted octanol–water partition coefficient (Wildman–Crippen LogP) is 9.26. The van der Waals surface area contributed by atoms with E-state index >= 15 is 0 Å². The van der Waals surface area contributed by atoms with E-state index < -0.39 is 13.9 Å². The molecule has 0 saturated heterocycles. The number of carbonyl (C=O) groups excluding carboxylic acids is 1. The monoisotopic (exact) mass is 656 g/mol. The number of carbonyl (C=O) groups is 1. The molecule has 0 aromatic rings. The largest absolute Gasteiger partial charge is 0.472 e. The van der Waals surface area contributed by atoms with Gasteiger partial charge in [0.05, 0.1) is 34.4 Å². The number of phosphoric ester groups is 1. The molecule has 0 rings (SSSR count). The summed E-state index contributed by atoms with van der Waals surface area (Å²) in [6, 6.07) is 0. The predicted molar refractivity (Wildman–Crippen MR) is 187 cm³/mol. The summed E-state index contributed by atoms with van der Waals surface area (Å²) in [5.74, 6) is -0.336. The number of ether oxygens (including phenoxy) is 2. The molecule has 8 nitrogen and oxygen atoms in total. The summed E-state index contributed by atoms with van der Waals surface area (Å²) in [4.78, 5) is 22.6. The van der Waals surface area contributed by atoms with Crippen LogP contribution in [0.2, 0.25) is 0 Å². The lowest BCUT2D eigenvalue weighted by Gasteiger charge is -2.24. The minimum atomic E-state index is -4.27. The van der Waals surface area contributed by atoms with Crippen molar-refractivity contribution in [3.8, 4) is 0 Å². The molecule has 0 aromatic carbocycles. The quantitative estimate of drug-likeness (QED) is 0.0261. The van der Waals surface area contributed by atoms with E-state index in [1.54, 1.807) is 0 Å². The Morgan fingerprint density at radius 1 is 0.711 bits per heavy atom. The van der Waals surface area contributed by atoms with Gasteiger partial charge in [0.25, 0.3) is 0 Å². The van der Waals surface area contributed by atoms with Crippen molar-refractivity contribution in [1.82, 2.24) is 0 Å². The summed E-state index contributed by atoms with van der Waals surface area (Å²) in [6.45, 7) is 5.35. The normalized spacial score (nSPS) is 14.7. The molecule has 0 spiro atoms. The Hall–Kier alpha value is -1.54. The smallest absolute Gasteiger partial charge is 0.457 e. The van der Waals surface area contributed by atoms with Crippen LogP contribution in [0.25, 0.3) is 0 Å². The third-order valence-electron chi connectivity index (χ3n) is 6.90. The molecule has 2 atom stereocenters. The maximum absolute atomic E-state index is 12.5. The van der Waals surface area contributed by atoms with E-state index in [9.17, 15) is 14.3 Å².